The highest BCUT2D eigenvalue weighted by Gasteiger charge is 2.33. The maximum atomic E-state index is 12.3. The van der Waals surface area contributed by atoms with E-state index >= 15 is 0 Å². The van der Waals surface area contributed by atoms with E-state index in [0.29, 0.717) is 5.56 Å². The highest BCUT2D eigenvalue weighted by atomic mass is 17.1. The summed E-state index contributed by atoms with van der Waals surface area (Å²) in [5, 5.41) is 18.4. The molecule has 0 spiro atoms. The minimum absolute atomic E-state index is 0.102. The zero-order valence-electron chi connectivity index (χ0n) is 9.58. The number of phenolic OH excluding ortho intramolecular Hbond substituents is 1. The van der Waals surface area contributed by atoms with Crippen LogP contribution >= 0.6 is 0 Å². The minimum Gasteiger partial charge on any atom is -0.504 e. The van der Waals surface area contributed by atoms with Gasteiger partial charge in [0.15, 0.2) is 17.3 Å². The molecule has 0 saturated carbocycles. The number of aromatic hydroxyl groups is 1. The fraction of sp³-hybridized carbons (Fsp3) is 0. The van der Waals surface area contributed by atoms with Crippen LogP contribution < -0.4 is 4.89 Å². The summed E-state index contributed by atoms with van der Waals surface area (Å²) >= 11 is 0. The van der Waals surface area contributed by atoms with E-state index in [1.807, 2.05) is 0 Å². The largest absolute Gasteiger partial charge is 0.504 e. The Morgan fingerprint density at radius 1 is 0.842 bits per heavy atom. The SMILES string of the molecule is O=C1c2ccccc2C(=O)c2c1ccc(O)c2OO. The molecule has 2 aromatic carbocycles. The van der Waals surface area contributed by atoms with Crippen LogP contribution in [0.1, 0.15) is 31.8 Å². The minimum atomic E-state index is -0.467. The van der Waals surface area contributed by atoms with Crippen molar-refractivity contribution in [3.8, 4) is 11.5 Å². The predicted octanol–water partition coefficient (Wildman–Crippen LogP) is 2.02. The zero-order valence-corrected chi connectivity index (χ0v) is 9.58. The highest BCUT2D eigenvalue weighted by molar-refractivity contribution is 6.29. The molecule has 0 atom stereocenters. The van der Waals surface area contributed by atoms with Crippen molar-refractivity contribution < 1.29 is 24.8 Å². The van der Waals surface area contributed by atoms with Crippen LogP contribution in [0, 0.1) is 0 Å². The fourth-order valence-corrected chi connectivity index (χ4v) is 2.24. The van der Waals surface area contributed by atoms with Gasteiger partial charge in [0.2, 0.25) is 5.75 Å². The number of phenols is 1. The molecule has 5 heteroatoms. The van der Waals surface area contributed by atoms with Crippen molar-refractivity contribution in [2.45, 2.75) is 0 Å². The third-order valence-electron chi connectivity index (χ3n) is 3.12. The molecule has 0 amide bonds. The molecular weight excluding hydrogens is 248 g/mol. The Labute approximate surface area is 107 Å². The van der Waals surface area contributed by atoms with E-state index in [9.17, 15) is 14.7 Å². The quantitative estimate of drug-likeness (QED) is 0.514. The number of benzene rings is 2. The lowest BCUT2D eigenvalue weighted by Crippen LogP contribution is -2.21. The van der Waals surface area contributed by atoms with Gasteiger partial charge in [-0.15, -0.1) is 0 Å². The molecule has 0 radical (unpaired) electrons. The van der Waals surface area contributed by atoms with Crippen molar-refractivity contribution in [3.63, 3.8) is 0 Å². The standard InChI is InChI=1S/C14H8O5/c15-10-6-5-9-11(14(10)19-18)13(17)8-4-2-1-3-7(8)12(9)16/h1-6,15,18H. The number of hydrogen-bond donors (Lipinski definition) is 2. The normalized spacial score (nSPS) is 12.9. The molecule has 94 valence electrons. The Bertz CT molecular complexity index is 718. The molecule has 5 nitrogen and oxygen atoms in total. The van der Waals surface area contributed by atoms with E-state index in [2.05, 4.69) is 4.89 Å². The van der Waals surface area contributed by atoms with E-state index in [4.69, 9.17) is 5.26 Å². The third-order valence-corrected chi connectivity index (χ3v) is 3.12. The van der Waals surface area contributed by atoms with Gasteiger partial charge in [-0.1, -0.05) is 24.3 Å². The Morgan fingerprint density at radius 2 is 1.47 bits per heavy atom. The number of carbonyl (C=O) groups excluding carboxylic acids is 2. The van der Waals surface area contributed by atoms with E-state index < -0.39 is 17.3 Å². The lowest BCUT2D eigenvalue weighted by atomic mass is 9.83. The second kappa shape index (κ2) is 3.93. The predicted molar refractivity (Wildman–Crippen MR) is 64.7 cm³/mol. The van der Waals surface area contributed by atoms with E-state index in [-0.39, 0.29) is 22.5 Å². The number of rotatable bonds is 1. The van der Waals surface area contributed by atoms with Crippen molar-refractivity contribution in [1.82, 2.24) is 0 Å². The molecule has 19 heavy (non-hydrogen) atoms. The Balaban J connectivity index is 2.36. The molecule has 2 aromatic rings. The van der Waals surface area contributed by atoms with Crippen LogP contribution in [-0.4, -0.2) is 21.9 Å². The smallest absolute Gasteiger partial charge is 0.218 e. The van der Waals surface area contributed by atoms with Gasteiger partial charge in [-0.25, -0.2) is 5.26 Å². The summed E-state index contributed by atoms with van der Waals surface area (Å²) < 4.78 is 0. The van der Waals surface area contributed by atoms with Crippen LogP contribution in [0.2, 0.25) is 0 Å². The summed E-state index contributed by atoms with van der Waals surface area (Å²) in [6.45, 7) is 0. The first-order chi connectivity index (χ1) is 9.15. The van der Waals surface area contributed by atoms with Gasteiger partial charge in [-0.05, 0) is 12.1 Å². The molecular formula is C14H8O5. The molecule has 0 fully saturated rings. The molecule has 3 rings (SSSR count). The van der Waals surface area contributed by atoms with Crippen LogP contribution in [0.25, 0.3) is 0 Å². The lowest BCUT2D eigenvalue weighted by molar-refractivity contribution is -0.139. The maximum absolute atomic E-state index is 12.3. The fourth-order valence-electron chi connectivity index (χ4n) is 2.24. The first-order valence-corrected chi connectivity index (χ1v) is 5.51. The van der Waals surface area contributed by atoms with Crippen LogP contribution in [-0.2, 0) is 0 Å². The topological polar surface area (TPSA) is 83.8 Å². The lowest BCUT2D eigenvalue weighted by Gasteiger charge is -2.18. The molecule has 1 aliphatic carbocycles. The Kier molecular flexibility index (Phi) is 2.36. The van der Waals surface area contributed by atoms with Gasteiger partial charge >= 0.3 is 0 Å². The molecule has 2 N–H and O–H groups in total. The molecule has 0 heterocycles. The summed E-state index contributed by atoms with van der Waals surface area (Å²) in [7, 11) is 0. The Hall–Kier alpha value is -2.66. The van der Waals surface area contributed by atoms with Gasteiger partial charge in [0.1, 0.15) is 0 Å². The average molecular weight is 256 g/mol. The second-order valence-electron chi connectivity index (χ2n) is 4.13. The van der Waals surface area contributed by atoms with Gasteiger partial charge in [0, 0.05) is 16.7 Å². The molecule has 0 aliphatic heterocycles. The van der Waals surface area contributed by atoms with Gasteiger partial charge in [0.25, 0.3) is 0 Å². The number of ketones is 2. The number of hydrogen-bond acceptors (Lipinski definition) is 5. The Morgan fingerprint density at radius 3 is 2.11 bits per heavy atom. The second-order valence-corrected chi connectivity index (χ2v) is 4.13. The van der Waals surface area contributed by atoms with E-state index in [1.165, 1.54) is 18.2 Å². The van der Waals surface area contributed by atoms with Crippen molar-refractivity contribution in [2.75, 3.05) is 0 Å². The third kappa shape index (κ3) is 1.45. The van der Waals surface area contributed by atoms with Crippen LogP contribution in [0.15, 0.2) is 36.4 Å². The van der Waals surface area contributed by atoms with Crippen molar-refractivity contribution in [3.05, 3.63) is 58.7 Å². The summed E-state index contributed by atoms with van der Waals surface area (Å²) in [5.41, 5.74) is 0.509. The van der Waals surface area contributed by atoms with Crippen LogP contribution in [0.5, 0.6) is 11.5 Å². The van der Waals surface area contributed by atoms with E-state index in [1.54, 1.807) is 18.2 Å². The highest BCUT2D eigenvalue weighted by Crippen LogP contribution is 2.38. The zero-order chi connectivity index (χ0) is 13.6. The molecule has 0 aromatic heterocycles. The first kappa shape index (κ1) is 11.4. The summed E-state index contributed by atoms with van der Waals surface area (Å²) in [6.07, 6.45) is 0. The summed E-state index contributed by atoms with van der Waals surface area (Å²) in [5.74, 6) is -1.61. The van der Waals surface area contributed by atoms with Crippen LogP contribution in [0.4, 0.5) is 0 Å². The number of carbonyl (C=O) groups is 2. The van der Waals surface area contributed by atoms with Gasteiger partial charge < -0.3 is 9.99 Å². The number of fused-ring (bicyclic) bond motifs is 2. The van der Waals surface area contributed by atoms with Crippen LogP contribution in [0.3, 0.4) is 0 Å². The molecule has 0 bridgehead atoms. The first-order valence-electron chi connectivity index (χ1n) is 5.51. The summed E-state index contributed by atoms with van der Waals surface area (Å²) in [4.78, 5) is 28.6. The molecule has 1 aliphatic rings. The van der Waals surface area contributed by atoms with Crippen molar-refractivity contribution >= 4 is 11.6 Å². The van der Waals surface area contributed by atoms with E-state index in [0.717, 1.165) is 0 Å². The summed E-state index contributed by atoms with van der Waals surface area (Å²) in [6, 6.07) is 8.91. The monoisotopic (exact) mass is 256 g/mol. The average Bonchev–Trinajstić information content (AvgIpc) is 2.44. The van der Waals surface area contributed by atoms with Gasteiger partial charge in [-0.3, -0.25) is 9.59 Å². The van der Waals surface area contributed by atoms with Crippen molar-refractivity contribution in [1.29, 1.82) is 0 Å². The van der Waals surface area contributed by atoms with Crippen molar-refractivity contribution in [2.24, 2.45) is 0 Å². The molecule has 0 unspecified atom stereocenters. The maximum Gasteiger partial charge on any atom is 0.218 e. The van der Waals surface area contributed by atoms with Gasteiger partial charge in [-0.2, -0.15) is 0 Å². The molecule has 0 saturated heterocycles. The van der Waals surface area contributed by atoms with Gasteiger partial charge in [0.05, 0.1) is 5.56 Å².